The topological polar surface area (TPSA) is 36.1 Å². The number of amides is 1. The summed E-state index contributed by atoms with van der Waals surface area (Å²) in [5.74, 6) is 0.208. The molecule has 3 aromatic carbocycles. The molecule has 0 bridgehead atoms. The Hall–Kier alpha value is -2.85. The van der Waals surface area contributed by atoms with Crippen molar-refractivity contribution < 1.29 is 4.79 Å². The molecular formula is C27H25BrN2O. The van der Waals surface area contributed by atoms with Crippen LogP contribution in [-0.4, -0.2) is 22.3 Å². The van der Waals surface area contributed by atoms with Gasteiger partial charge in [0, 0.05) is 34.0 Å². The van der Waals surface area contributed by atoms with Crippen molar-refractivity contribution in [2.45, 2.75) is 32.2 Å². The molecule has 0 saturated carbocycles. The fourth-order valence-electron chi connectivity index (χ4n) is 4.66. The van der Waals surface area contributed by atoms with Crippen molar-refractivity contribution in [3.63, 3.8) is 0 Å². The molecule has 1 aliphatic rings. The van der Waals surface area contributed by atoms with E-state index in [1.54, 1.807) is 0 Å². The number of hydrogen-bond donors (Lipinski definition) is 1. The Labute approximate surface area is 191 Å². The van der Waals surface area contributed by atoms with Gasteiger partial charge in [0.05, 0.1) is 6.04 Å². The lowest BCUT2D eigenvalue weighted by atomic mass is 9.91. The van der Waals surface area contributed by atoms with E-state index in [0.717, 1.165) is 40.6 Å². The molecule has 156 valence electrons. The summed E-state index contributed by atoms with van der Waals surface area (Å²) < 4.78 is 1.08. The molecule has 0 fully saturated rings. The van der Waals surface area contributed by atoms with Crippen molar-refractivity contribution in [3.8, 4) is 0 Å². The maximum atomic E-state index is 13.4. The Balaban J connectivity index is 1.52. The van der Waals surface area contributed by atoms with Crippen LogP contribution in [0.1, 0.15) is 40.4 Å². The molecule has 1 N–H and O–H groups in total. The van der Waals surface area contributed by atoms with E-state index in [1.807, 2.05) is 18.2 Å². The van der Waals surface area contributed by atoms with Crippen molar-refractivity contribution in [2.75, 3.05) is 6.54 Å². The third-order valence-corrected chi connectivity index (χ3v) is 6.77. The summed E-state index contributed by atoms with van der Waals surface area (Å²) >= 11 is 3.61. The zero-order valence-electron chi connectivity index (χ0n) is 17.6. The van der Waals surface area contributed by atoms with Crippen LogP contribution >= 0.6 is 15.9 Å². The lowest BCUT2D eigenvalue weighted by Gasteiger charge is -2.36. The second-order valence-corrected chi connectivity index (χ2v) is 9.26. The average Bonchev–Trinajstić information content (AvgIpc) is 3.16. The van der Waals surface area contributed by atoms with E-state index in [0.29, 0.717) is 6.42 Å². The molecule has 1 unspecified atom stereocenters. The van der Waals surface area contributed by atoms with Crippen LogP contribution in [0, 0.1) is 6.92 Å². The van der Waals surface area contributed by atoms with Crippen molar-refractivity contribution in [1.82, 2.24) is 9.88 Å². The highest BCUT2D eigenvalue weighted by atomic mass is 79.9. The third-order valence-electron chi connectivity index (χ3n) is 6.27. The van der Waals surface area contributed by atoms with Gasteiger partial charge >= 0.3 is 0 Å². The molecule has 31 heavy (non-hydrogen) atoms. The predicted octanol–water partition coefficient (Wildman–Crippen LogP) is 6.35. The molecular weight excluding hydrogens is 448 g/mol. The van der Waals surface area contributed by atoms with E-state index < -0.39 is 0 Å². The Morgan fingerprint density at radius 2 is 1.84 bits per heavy atom. The molecule has 0 radical (unpaired) electrons. The monoisotopic (exact) mass is 472 g/mol. The molecule has 1 aliphatic heterocycles. The molecule has 1 atom stereocenters. The van der Waals surface area contributed by atoms with E-state index in [4.69, 9.17) is 0 Å². The zero-order valence-corrected chi connectivity index (χ0v) is 19.2. The standard InChI is InChI=1S/C27H25BrN2O/c1-18-7-10-20(11-8-18)27-26-22(23-17-21(28)12-13-24(23)29-26)15-16-30(27)25(31)14-9-19-5-3-2-4-6-19/h2-8,10-13,17,27,29H,9,14-16H2,1H3. The number of halogens is 1. The average molecular weight is 473 g/mol. The van der Waals surface area contributed by atoms with E-state index in [1.165, 1.54) is 22.1 Å². The highest BCUT2D eigenvalue weighted by Crippen LogP contribution is 2.39. The third kappa shape index (κ3) is 3.92. The van der Waals surface area contributed by atoms with E-state index in [2.05, 4.69) is 87.3 Å². The highest BCUT2D eigenvalue weighted by molar-refractivity contribution is 9.10. The van der Waals surface area contributed by atoms with Gasteiger partial charge in [0.25, 0.3) is 0 Å². The zero-order chi connectivity index (χ0) is 21.4. The molecule has 0 saturated heterocycles. The quantitative estimate of drug-likeness (QED) is 0.369. The van der Waals surface area contributed by atoms with Gasteiger partial charge in [0.2, 0.25) is 5.91 Å². The Kier molecular flexibility index (Phi) is 5.41. The minimum Gasteiger partial charge on any atom is -0.356 e. The number of aromatic nitrogens is 1. The van der Waals surface area contributed by atoms with Crippen molar-refractivity contribution in [2.24, 2.45) is 0 Å². The lowest BCUT2D eigenvalue weighted by Crippen LogP contribution is -2.40. The number of aromatic amines is 1. The smallest absolute Gasteiger partial charge is 0.223 e. The number of hydrogen-bond acceptors (Lipinski definition) is 1. The van der Waals surface area contributed by atoms with Gasteiger partial charge in [-0.05, 0) is 54.7 Å². The maximum Gasteiger partial charge on any atom is 0.223 e. The summed E-state index contributed by atoms with van der Waals surface area (Å²) in [6.07, 6.45) is 2.15. The molecule has 4 heteroatoms. The fraction of sp³-hybridized carbons (Fsp3) is 0.222. The molecule has 0 spiro atoms. The van der Waals surface area contributed by atoms with Crippen LogP contribution in [0.15, 0.2) is 77.3 Å². The Morgan fingerprint density at radius 1 is 1.06 bits per heavy atom. The number of H-pyrrole nitrogens is 1. The molecule has 4 aromatic rings. The summed E-state index contributed by atoms with van der Waals surface area (Å²) in [4.78, 5) is 19.1. The van der Waals surface area contributed by atoms with Gasteiger partial charge < -0.3 is 9.88 Å². The summed E-state index contributed by atoms with van der Waals surface area (Å²) in [6, 6.07) is 25.1. The fourth-order valence-corrected chi connectivity index (χ4v) is 5.03. The summed E-state index contributed by atoms with van der Waals surface area (Å²) in [6.45, 7) is 2.83. The van der Waals surface area contributed by atoms with Crippen LogP contribution in [0.4, 0.5) is 0 Å². The van der Waals surface area contributed by atoms with E-state index in [-0.39, 0.29) is 11.9 Å². The van der Waals surface area contributed by atoms with Crippen molar-refractivity contribution in [3.05, 3.63) is 105 Å². The first-order valence-electron chi connectivity index (χ1n) is 10.8. The van der Waals surface area contributed by atoms with Gasteiger partial charge in [-0.15, -0.1) is 0 Å². The van der Waals surface area contributed by atoms with Crippen LogP contribution in [0.5, 0.6) is 0 Å². The SMILES string of the molecule is Cc1ccc(C2c3[nH]c4ccc(Br)cc4c3CCN2C(=O)CCc2ccccc2)cc1. The maximum absolute atomic E-state index is 13.4. The predicted molar refractivity (Wildman–Crippen MR) is 129 cm³/mol. The van der Waals surface area contributed by atoms with Gasteiger partial charge in [-0.2, -0.15) is 0 Å². The molecule has 2 heterocycles. The number of rotatable bonds is 4. The van der Waals surface area contributed by atoms with E-state index >= 15 is 0 Å². The molecule has 1 amide bonds. The van der Waals surface area contributed by atoms with Gasteiger partial charge in [-0.1, -0.05) is 76.1 Å². The van der Waals surface area contributed by atoms with Crippen LogP contribution in [0.25, 0.3) is 10.9 Å². The first-order chi connectivity index (χ1) is 15.1. The largest absolute Gasteiger partial charge is 0.356 e. The Morgan fingerprint density at radius 3 is 2.61 bits per heavy atom. The van der Waals surface area contributed by atoms with Gasteiger partial charge in [0.15, 0.2) is 0 Å². The first kappa shape index (κ1) is 20.1. The number of fused-ring (bicyclic) bond motifs is 3. The first-order valence-corrected chi connectivity index (χ1v) is 11.6. The molecule has 1 aromatic heterocycles. The van der Waals surface area contributed by atoms with Crippen LogP contribution in [0.2, 0.25) is 0 Å². The number of aryl methyl sites for hydroxylation is 2. The summed E-state index contributed by atoms with van der Waals surface area (Å²) in [5, 5.41) is 1.25. The lowest BCUT2D eigenvalue weighted by molar-refractivity contribution is -0.133. The van der Waals surface area contributed by atoms with Gasteiger partial charge in [0.1, 0.15) is 0 Å². The van der Waals surface area contributed by atoms with Gasteiger partial charge in [-0.3, -0.25) is 4.79 Å². The number of nitrogens with zero attached hydrogens (tertiary/aromatic N) is 1. The van der Waals surface area contributed by atoms with Gasteiger partial charge in [-0.25, -0.2) is 0 Å². The number of carbonyl (C=O) groups is 1. The molecule has 3 nitrogen and oxygen atoms in total. The van der Waals surface area contributed by atoms with E-state index in [9.17, 15) is 4.79 Å². The molecule has 0 aliphatic carbocycles. The summed E-state index contributed by atoms with van der Waals surface area (Å²) in [7, 11) is 0. The van der Waals surface area contributed by atoms with Crippen molar-refractivity contribution >= 4 is 32.7 Å². The van der Waals surface area contributed by atoms with Crippen LogP contribution in [-0.2, 0) is 17.6 Å². The summed E-state index contributed by atoms with van der Waals surface area (Å²) in [5.41, 5.74) is 7.19. The second kappa shape index (κ2) is 8.35. The Bertz CT molecular complexity index is 1230. The van der Waals surface area contributed by atoms with Crippen molar-refractivity contribution in [1.29, 1.82) is 0 Å². The number of benzene rings is 3. The minimum atomic E-state index is -0.0844. The normalized spacial score (nSPS) is 15.8. The van der Waals surface area contributed by atoms with Crippen LogP contribution in [0.3, 0.4) is 0 Å². The molecule has 5 rings (SSSR count). The number of nitrogens with one attached hydrogen (secondary N) is 1. The minimum absolute atomic E-state index is 0.0844. The second-order valence-electron chi connectivity index (χ2n) is 8.34. The van der Waals surface area contributed by atoms with Crippen LogP contribution < -0.4 is 0 Å². The number of carbonyl (C=O) groups excluding carboxylic acids is 1. The highest BCUT2D eigenvalue weighted by Gasteiger charge is 2.34.